The predicted molar refractivity (Wildman–Crippen MR) is 118 cm³/mol. The first kappa shape index (κ1) is 20.0. The summed E-state index contributed by atoms with van der Waals surface area (Å²) >= 11 is 0. The van der Waals surface area contributed by atoms with Crippen LogP contribution in [0.5, 0.6) is 0 Å². The number of carbonyl (C=O) groups is 1. The number of fused-ring (bicyclic) bond motifs is 1. The van der Waals surface area contributed by atoms with E-state index in [-0.39, 0.29) is 18.1 Å². The van der Waals surface area contributed by atoms with Gasteiger partial charge in [0.1, 0.15) is 0 Å². The Morgan fingerprint density at radius 3 is 2.52 bits per heavy atom. The number of carbonyl (C=O) groups excluding carboxylic acids is 1. The zero-order chi connectivity index (χ0) is 20.1. The summed E-state index contributed by atoms with van der Waals surface area (Å²) in [4.78, 5) is 15.0. The van der Waals surface area contributed by atoms with Crippen molar-refractivity contribution in [1.29, 1.82) is 0 Å². The molecule has 1 aliphatic carbocycles. The van der Waals surface area contributed by atoms with Crippen molar-refractivity contribution >= 4 is 6.03 Å². The molecule has 2 N–H and O–H groups in total. The van der Waals surface area contributed by atoms with Crippen molar-refractivity contribution < 1.29 is 4.79 Å². The zero-order valence-electron chi connectivity index (χ0n) is 17.5. The minimum Gasteiger partial charge on any atom is -0.335 e. The van der Waals surface area contributed by atoms with E-state index in [2.05, 4.69) is 71.0 Å². The number of amides is 2. The van der Waals surface area contributed by atoms with Gasteiger partial charge in [0.05, 0.1) is 6.04 Å². The molecule has 0 radical (unpaired) electrons. The fourth-order valence-corrected chi connectivity index (χ4v) is 4.61. The summed E-state index contributed by atoms with van der Waals surface area (Å²) in [5.74, 6) is 0. The topological polar surface area (TPSA) is 44.4 Å². The number of nitrogens with one attached hydrogen (secondary N) is 2. The van der Waals surface area contributed by atoms with Crippen molar-refractivity contribution in [2.24, 2.45) is 0 Å². The molecule has 0 bridgehead atoms. The van der Waals surface area contributed by atoms with Gasteiger partial charge in [-0.1, -0.05) is 48.5 Å². The highest BCUT2D eigenvalue weighted by Gasteiger charge is 2.21. The first-order valence-corrected chi connectivity index (χ1v) is 11.1. The van der Waals surface area contributed by atoms with Crippen LogP contribution in [0.1, 0.15) is 60.9 Å². The molecule has 1 aliphatic heterocycles. The highest BCUT2D eigenvalue weighted by atomic mass is 16.2. The molecule has 1 unspecified atom stereocenters. The van der Waals surface area contributed by atoms with Crippen molar-refractivity contribution in [2.45, 2.75) is 64.1 Å². The average molecular weight is 392 g/mol. The second-order valence-corrected chi connectivity index (χ2v) is 8.61. The van der Waals surface area contributed by atoms with Gasteiger partial charge in [0.25, 0.3) is 0 Å². The van der Waals surface area contributed by atoms with Gasteiger partial charge in [0.15, 0.2) is 0 Å². The van der Waals surface area contributed by atoms with E-state index in [1.54, 1.807) is 0 Å². The van der Waals surface area contributed by atoms with Crippen molar-refractivity contribution in [3.05, 3.63) is 70.8 Å². The van der Waals surface area contributed by atoms with Gasteiger partial charge in [0.2, 0.25) is 0 Å². The van der Waals surface area contributed by atoms with Crippen LogP contribution in [0.4, 0.5) is 4.79 Å². The molecule has 0 spiro atoms. The van der Waals surface area contributed by atoms with E-state index in [0.717, 1.165) is 32.5 Å². The van der Waals surface area contributed by atoms with Gasteiger partial charge in [-0.25, -0.2) is 4.79 Å². The molecule has 1 fully saturated rings. The lowest BCUT2D eigenvalue weighted by Gasteiger charge is -2.32. The van der Waals surface area contributed by atoms with Crippen LogP contribution in [0.15, 0.2) is 48.5 Å². The van der Waals surface area contributed by atoms with Gasteiger partial charge in [-0.3, -0.25) is 4.90 Å². The number of urea groups is 1. The van der Waals surface area contributed by atoms with Crippen molar-refractivity contribution in [1.82, 2.24) is 15.5 Å². The molecule has 2 amide bonds. The van der Waals surface area contributed by atoms with Gasteiger partial charge in [0, 0.05) is 25.7 Å². The number of hydrogen-bond acceptors (Lipinski definition) is 2. The van der Waals surface area contributed by atoms with Gasteiger partial charge in [-0.15, -0.1) is 0 Å². The Labute approximate surface area is 174 Å². The van der Waals surface area contributed by atoms with E-state index in [9.17, 15) is 4.79 Å². The first-order chi connectivity index (χ1) is 14.2. The molecule has 1 heterocycles. The Kier molecular flexibility index (Phi) is 6.50. The number of benzene rings is 2. The van der Waals surface area contributed by atoms with E-state index < -0.39 is 0 Å². The molecule has 2 aliphatic rings. The van der Waals surface area contributed by atoms with Crippen molar-refractivity contribution in [3.63, 3.8) is 0 Å². The van der Waals surface area contributed by atoms with Gasteiger partial charge in [-0.2, -0.15) is 0 Å². The molecule has 0 aromatic heterocycles. The highest BCUT2D eigenvalue weighted by Crippen LogP contribution is 2.24. The minimum atomic E-state index is -0.0447. The molecule has 29 heavy (non-hydrogen) atoms. The maximum atomic E-state index is 12.5. The molecule has 4 nitrogen and oxygen atoms in total. The number of piperidine rings is 1. The Balaban J connectivity index is 1.23. The normalized spacial score (nSPS) is 18.7. The third-order valence-corrected chi connectivity index (χ3v) is 6.39. The lowest BCUT2D eigenvalue weighted by Crippen LogP contribution is -2.48. The van der Waals surface area contributed by atoms with Crippen LogP contribution in [-0.4, -0.2) is 30.1 Å². The molecule has 4 rings (SSSR count). The molecule has 4 heteroatoms. The molecule has 2 aromatic rings. The Hall–Kier alpha value is -2.33. The SMILES string of the molecule is CC(NC(=O)NC1CCN(Cc2ccccc2)CC1)c1ccc2c(c1)CCCC2. The van der Waals surface area contributed by atoms with Gasteiger partial charge in [-0.05, 0) is 67.7 Å². The number of aryl methyl sites for hydroxylation is 2. The smallest absolute Gasteiger partial charge is 0.315 e. The van der Waals surface area contributed by atoms with Crippen LogP contribution in [0.2, 0.25) is 0 Å². The fraction of sp³-hybridized carbons (Fsp3) is 0.480. The van der Waals surface area contributed by atoms with E-state index in [4.69, 9.17) is 0 Å². The van der Waals surface area contributed by atoms with Crippen LogP contribution in [-0.2, 0) is 19.4 Å². The lowest BCUT2D eigenvalue weighted by molar-refractivity contribution is 0.186. The lowest BCUT2D eigenvalue weighted by atomic mass is 9.89. The monoisotopic (exact) mass is 391 g/mol. The number of rotatable bonds is 5. The van der Waals surface area contributed by atoms with Crippen LogP contribution >= 0.6 is 0 Å². The van der Waals surface area contributed by atoms with E-state index >= 15 is 0 Å². The summed E-state index contributed by atoms with van der Waals surface area (Å²) < 4.78 is 0. The highest BCUT2D eigenvalue weighted by molar-refractivity contribution is 5.74. The maximum Gasteiger partial charge on any atom is 0.315 e. The molecule has 2 aromatic carbocycles. The summed E-state index contributed by atoms with van der Waals surface area (Å²) in [7, 11) is 0. The second-order valence-electron chi connectivity index (χ2n) is 8.61. The average Bonchev–Trinajstić information content (AvgIpc) is 2.75. The summed E-state index contributed by atoms with van der Waals surface area (Å²) in [6, 6.07) is 17.6. The second kappa shape index (κ2) is 9.45. The van der Waals surface area contributed by atoms with E-state index in [0.29, 0.717) is 0 Å². The minimum absolute atomic E-state index is 0.0281. The Bertz CT molecular complexity index is 812. The summed E-state index contributed by atoms with van der Waals surface area (Å²) in [5.41, 5.74) is 5.52. The van der Waals surface area contributed by atoms with Crippen molar-refractivity contribution in [2.75, 3.05) is 13.1 Å². The molecule has 154 valence electrons. The third kappa shape index (κ3) is 5.39. The number of nitrogens with zero attached hydrogens (tertiary/aromatic N) is 1. The number of likely N-dealkylation sites (tertiary alicyclic amines) is 1. The van der Waals surface area contributed by atoms with Crippen LogP contribution in [0.25, 0.3) is 0 Å². The predicted octanol–water partition coefficient (Wildman–Crippen LogP) is 4.59. The molecular formula is C25H33N3O. The standard InChI is InChI=1S/C25H33N3O/c1-19(22-12-11-21-9-5-6-10-23(21)17-22)26-25(29)27-24-13-15-28(16-14-24)18-20-7-3-2-4-8-20/h2-4,7-8,11-12,17,19,24H,5-6,9-10,13-16,18H2,1H3,(H2,26,27,29). The van der Waals surface area contributed by atoms with E-state index in [1.807, 2.05) is 0 Å². The van der Waals surface area contributed by atoms with Crippen molar-refractivity contribution in [3.8, 4) is 0 Å². The largest absolute Gasteiger partial charge is 0.335 e. The quantitative estimate of drug-likeness (QED) is 0.783. The zero-order valence-corrected chi connectivity index (χ0v) is 17.5. The van der Waals surface area contributed by atoms with Crippen LogP contribution in [0, 0.1) is 0 Å². The van der Waals surface area contributed by atoms with Gasteiger partial charge < -0.3 is 10.6 Å². The molecule has 1 atom stereocenters. The van der Waals surface area contributed by atoms with Crippen LogP contribution < -0.4 is 10.6 Å². The maximum absolute atomic E-state index is 12.5. The fourth-order valence-electron chi connectivity index (χ4n) is 4.61. The van der Waals surface area contributed by atoms with E-state index in [1.165, 1.54) is 47.9 Å². The summed E-state index contributed by atoms with van der Waals surface area (Å²) in [6.07, 6.45) is 6.96. The van der Waals surface area contributed by atoms with Crippen LogP contribution in [0.3, 0.4) is 0 Å². The summed E-state index contributed by atoms with van der Waals surface area (Å²) in [6.45, 7) is 5.13. The Morgan fingerprint density at radius 2 is 1.76 bits per heavy atom. The van der Waals surface area contributed by atoms with Gasteiger partial charge >= 0.3 is 6.03 Å². The third-order valence-electron chi connectivity index (χ3n) is 6.39. The summed E-state index contributed by atoms with van der Waals surface area (Å²) in [5, 5.41) is 6.33. The Morgan fingerprint density at radius 1 is 1.03 bits per heavy atom. The molecule has 1 saturated heterocycles. The molecular weight excluding hydrogens is 358 g/mol. The first-order valence-electron chi connectivity index (χ1n) is 11.1. The molecule has 0 saturated carbocycles. The number of hydrogen-bond donors (Lipinski definition) is 2.